The van der Waals surface area contributed by atoms with Gasteiger partial charge in [0.2, 0.25) is 0 Å². The molecule has 2 unspecified atom stereocenters. The minimum atomic E-state index is 0.0894. The van der Waals surface area contributed by atoms with Crippen LogP contribution in [0.15, 0.2) is 19.6 Å². The van der Waals surface area contributed by atoms with Gasteiger partial charge in [0.15, 0.2) is 4.67 Å². The largest absolute Gasteiger partial charge is 0.451 e. The number of hydrogen-bond acceptors (Lipinski definition) is 3. The Balaban J connectivity index is 2.02. The molecule has 3 nitrogen and oxygen atoms in total. The van der Waals surface area contributed by atoms with Gasteiger partial charge in [-0.1, -0.05) is 13.8 Å². The van der Waals surface area contributed by atoms with E-state index >= 15 is 0 Å². The van der Waals surface area contributed by atoms with E-state index in [1.807, 2.05) is 6.07 Å². The minimum Gasteiger partial charge on any atom is -0.451 e. The molecule has 0 spiro atoms. The van der Waals surface area contributed by atoms with E-state index in [0.29, 0.717) is 18.0 Å². The molecular weight excluding hydrogens is 360 g/mol. The van der Waals surface area contributed by atoms with E-state index in [1.165, 1.54) is 19.3 Å². The molecule has 1 aliphatic rings. The SMILES string of the molecule is CC1(C)CCC(NC(CN)c2cc(Br)c(Br)o2)C1. The molecule has 2 atom stereocenters. The summed E-state index contributed by atoms with van der Waals surface area (Å²) in [4.78, 5) is 0. The molecule has 0 saturated heterocycles. The second-order valence-corrected chi connectivity index (χ2v) is 7.40. The summed E-state index contributed by atoms with van der Waals surface area (Å²) in [5.41, 5.74) is 6.30. The smallest absolute Gasteiger partial charge is 0.183 e. The normalized spacial score (nSPS) is 24.4. The predicted octanol–water partition coefficient (Wildman–Crippen LogP) is 3.97. The van der Waals surface area contributed by atoms with E-state index in [0.717, 1.165) is 14.9 Å². The Labute approximate surface area is 125 Å². The van der Waals surface area contributed by atoms with Crippen molar-refractivity contribution in [1.82, 2.24) is 5.32 Å². The number of furan rings is 1. The Kier molecular flexibility index (Phi) is 4.57. The summed E-state index contributed by atoms with van der Waals surface area (Å²) in [5.74, 6) is 0.890. The predicted molar refractivity (Wildman–Crippen MR) is 80.5 cm³/mol. The van der Waals surface area contributed by atoms with Crippen LogP contribution in [0.5, 0.6) is 0 Å². The summed E-state index contributed by atoms with van der Waals surface area (Å²) in [6, 6.07) is 2.61. The third-order valence-electron chi connectivity index (χ3n) is 3.65. The van der Waals surface area contributed by atoms with E-state index in [4.69, 9.17) is 10.2 Å². The number of nitrogens with two attached hydrogens (primary N) is 1. The minimum absolute atomic E-state index is 0.0894. The molecule has 18 heavy (non-hydrogen) atoms. The Hall–Kier alpha value is 0.160. The van der Waals surface area contributed by atoms with Crippen molar-refractivity contribution in [3.8, 4) is 0 Å². The highest BCUT2D eigenvalue weighted by atomic mass is 79.9. The van der Waals surface area contributed by atoms with Crippen LogP contribution in [0, 0.1) is 5.41 Å². The molecular formula is C13H20Br2N2O. The number of rotatable bonds is 4. The molecule has 0 aliphatic heterocycles. The van der Waals surface area contributed by atoms with Gasteiger partial charge in [-0.25, -0.2) is 0 Å². The lowest BCUT2D eigenvalue weighted by Crippen LogP contribution is -2.35. The van der Waals surface area contributed by atoms with Crippen LogP contribution >= 0.6 is 31.9 Å². The lowest BCUT2D eigenvalue weighted by molar-refractivity contribution is 0.335. The third kappa shape index (κ3) is 3.38. The Morgan fingerprint density at radius 1 is 1.56 bits per heavy atom. The first kappa shape index (κ1) is 14.6. The molecule has 0 bridgehead atoms. The van der Waals surface area contributed by atoms with Crippen molar-refractivity contribution in [2.24, 2.45) is 11.1 Å². The molecule has 1 aromatic heterocycles. The Morgan fingerprint density at radius 3 is 2.72 bits per heavy atom. The van der Waals surface area contributed by atoms with Crippen LogP contribution in [0.3, 0.4) is 0 Å². The van der Waals surface area contributed by atoms with Crippen LogP contribution in [-0.4, -0.2) is 12.6 Å². The van der Waals surface area contributed by atoms with Gasteiger partial charge in [0.05, 0.1) is 10.5 Å². The summed E-state index contributed by atoms with van der Waals surface area (Å²) in [6.07, 6.45) is 3.69. The maximum absolute atomic E-state index is 5.86. The first-order valence-corrected chi connectivity index (χ1v) is 7.91. The molecule has 2 rings (SSSR count). The van der Waals surface area contributed by atoms with Crippen LogP contribution in [0.2, 0.25) is 0 Å². The summed E-state index contributed by atoms with van der Waals surface area (Å²) < 4.78 is 7.32. The standard InChI is InChI=1S/C13H20Br2N2O/c1-13(2)4-3-8(6-13)17-10(7-16)11-5-9(14)12(15)18-11/h5,8,10,17H,3-4,6-7,16H2,1-2H3. The van der Waals surface area contributed by atoms with Gasteiger partial charge < -0.3 is 15.5 Å². The highest BCUT2D eigenvalue weighted by molar-refractivity contribution is 9.13. The number of halogens is 2. The summed E-state index contributed by atoms with van der Waals surface area (Å²) in [5, 5.41) is 3.62. The van der Waals surface area contributed by atoms with Gasteiger partial charge in [0, 0.05) is 12.6 Å². The van der Waals surface area contributed by atoms with Gasteiger partial charge >= 0.3 is 0 Å². The summed E-state index contributed by atoms with van der Waals surface area (Å²) in [7, 11) is 0. The number of hydrogen-bond donors (Lipinski definition) is 2. The van der Waals surface area contributed by atoms with Crippen LogP contribution in [-0.2, 0) is 0 Å². The van der Waals surface area contributed by atoms with Gasteiger partial charge in [-0.15, -0.1) is 0 Å². The van der Waals surface area contributed by atoms with Crippen molar-refractivity contribution >= 4 is 31.9 Å². The van der Waals surface area contributed by atoms with Gasteiger partial charge in [-0.05, 0) is 62.6 Å². The third-order valence-corrected chi connectivity index (χ3v) is 5.36. The fourth-order valence-electron chi connectivity index (χ4n) is 2.66. The van der Waals surface area contributed by atoms with Crippen molar-refractivity contribution in [3.05, 3.63) is 21.0 Å². The highest BCUT2D eigenvalue weighted by Crippen LogP contribution is 2.38. The molecule has 3 N–H and O–H groups in total. The Morgan fingerprint density at radius 2 is 2.28 bits per heavy atom. The van der Waals surface area contributed by atoms with Crippen LogP contribution < -0.4 is 11.1 Å². The van der Waals surface area contributed by atoms with Gasteiger partial charge in [-0.2, -0.15) is 0 Å². The molecule has 1 heterocycles. The van der Waals surface area contributed by atoms with Crippen LogP contribution in [0.1, 0.15) is 44.9 Å². The fourth-order valence-corrected chi connectivity index (χ4v) is 3.27. The summed E-state index contributed by atoms with van der Waals surface area (Å²) in [6.45, 7) is 5.20. The van der Waals surface area contributed by atoms with Crippen molar-refractivity contribution in [2.45, 2.75) is 45.2 Å². The molecule has 0 radical (unpaired) electrons. The highest BCUT2D eigenvalue weighted by Gasteiger charge is 2.32. The zero-order valence-electron chi connectivity index (χ0n) is 10.8. The monoisotopic (exact) mass is 378 g/mol. The topological polar surface area (TPSA) is 51.2 Å². The lowest BCUT2D eigenvalue weighted by Gasteiger charge is -2.22. The molecule has 1 aliphatic carbocycles. The van der Waals surface area contributed by atoms with Crippen molar-refractivity contribution in [2.75, 3.05) is 6.54 Å². The molecule has 0 amide bonds. The second-order valence-electron chi connectivity index (χ2n) is 5.83. The maximum Gasteiger partial charge on any atom is 0.183 e. The van der Waals surface area contributed by atoms with E-state index in [9.17, 15) is 0 Å². The van der Waals surface area contributed by atoms with Crippen LogP contribution in [0.25, 0.3) is 0 Å². The fraction of sp³-hybridized carbons (Fsp3) is 0.692. The van der Waals surface area contributed by atoms with Gasteiger partial charge in [0.25, 0.3) is 0 Å². The Bertz CT molecular complexity index is 398. The van der Waals surface area contributed by atoms with E-state index in [1.54, 1.807) is 0 Å². The number of nitrogens with one attached hydrogen (secondary N) is 1. The van der Waals surface area contributed by atoms with Gasteiger partial charge in [-0.3, -0.25) is 0 Å². The van der Waals surface area contributed by atoms with E-state index < -0.39 is 0 Å². The molecule has 1 aromatic rings. The molecule has 5 heteroatoms. The van der Waals surface area contributed by atoms with Crippen LogP contribution in [0.4, 0.5) is 0 Å². The molecule has 102 valence electrons. The average molecular weight is 380 g/mol. The second kappa shape index (κ2) is 5.65. The van der Waals surface area contributed by atoms with Crippen molar-refractivity contribution in [3.63, 3.8) is 0 Å². The first-order valence-electron chi connectivity index (χ1n) is 6.32. The van der Waals surface area contributed by atoms with E-state index in [2.05, 4.69) is 51.0 Å². The van der Waals surface area contributed by atoms with Gasteiger partial charge in [0.1, 0.15) is 5.76 Å². The zero-order chi connectivity index (χ0) is 13.3. The first-order chi connectivity index (χ1) is 8.41. The molecule has 1 fully saturated rings. The molecule has 0 aromatic carbocycles. The van der Waals surface area contributed by atoms with E-state index in [-0.39, 0.29) is 6.04 Å². The lowest BCUT2D eigenvalue weighted by atomic mass is 9.92. The average Bonchev–Trinajstić information content (AvgIpc) is 2.79. The molecule has 1 saturated carbocycles. The summed E-state index contributed by atoms with van der Waals surface area (Å²) >= 11 is 6.80. The quantitative estimate of drug-likeness (QED) is 0.831. The zero-order valence-corrected chi connectivity index (χ0v) is 14.0. The van der Waals surface area contributed by atoms with Crippen molar-refractivity contribution < 1.29 is 4.42 Å². The maximum atomic E-state index is 5.86. The van der Waals surface area contributed by atoms with Crippen molar-refractivity contribution in [1.29, 1.82) is 0 Å².